The summed E-state index contributed by atoms with van der Waals surface area (Å²) in [5.74, 6) is 0.618. The standard InChI is InChI=1S/C21H20N6O3S2/c22-32(29,30)15-5-3-4-13(10-15)24-19(28)12-31-21-26-25-20(27(21)14-8-9-14)17-11-23-18-7-2-1-6-16(17)18/h1-7,10-11,14,23H,8-9,12H2,(H,24,28)(H2,22,29,30). The van der Waals surface area contributed by atoms with Gasteiger partial charge in [0, 0.05) is 34.4 Å². The molecule has 4 aromatic rings. The lowest BCUT2D eigenvalue weighted by molar-refractivity contribution is -0.113. The number of nitrogens with zero attached hydrogens (tertiary/aromatic N) is 3. The van der Waals surface area contributed by atoms with Crippen LogP contribution in [0.4, 0.5) is 5.69 Å². The van der Waals surface area contributed by atoms with E-state index >= 15 is 0 Å². The van der Waals surface area contributed by atoms with Crippen LogP contribution in [-0.4, -0.2) is 39.8 Å². The molecule has 2 aromatic carbocycles. The molecule has 0 radical (unpaired) electrons. The molecule has 0 unspecified atom stereocenters. The fourth-order valence-corrected chi connectivity index (χ4v) is 4.92. The van der Waals surface area contributed by atoms with Crippen molar-refractivity contribution in [1.82, 2.24) is 19.7 Å². The zero-order valence-corrected chi connectivity index (χ0v) is 18.5. The first kappa shape index (κ1) is 20.7. The van der Waals surface area contributed by atoms with Gasteiger partial charge in [-0.05, 0) is 37.1 Å². The third kappa shape index (κ3) is 4.14. The number of nitrogens with one attached hydrogen (secondary N) is 2. The number of para-hydroxylation sites is 1. The average Bonchev–Trinajstić information content (AvgIpc) is 3.38. The maximum absolute atomic E-state index is 12.5. The number of H-pyrrole nitrogens is 1. The summed E-state index contributed by atoms with van der Waals surface area (Å²) in [6, 6.07) is 14.2. The van der Waals surface area contributed by atoms with Crippen molar-refractivity contribution in [2.45, 2.75) is 28.9 Å². The van der Waals surface area contributed by atoms with Crippen molar-refractivity contribution in [2.75, 3.05) is 11.1 Å². The molecule has 0 saturated heterocycles. The highest BCUT2D eigenvalue weighted by molar-refractivity contribution is 7.99. The fraction of sp³-hybridized carbons (Fsp3) is 0.190. The molecular formula is C21H20N6O3S2. The van der Waals surface area contributed by atoms with Gasteiger partial charge >= 0.3 is 0 Å². The predicted octanol–water partition coefficient (Wildman–Crippen LogP) is 3.14. The van der Waals surface area contributed by atoms with Gasteiger partial charge in [0.05, 0.1) is 10.6 Å². The first-order chi connectivity index (χ1) is 15.4. The number of anilines is 1. The van der Waals surface area contributed by atoms with Crippen LogP contribution in [0.15, 0.2) is 64.8 Å². The molecule has 1 fully saturated rings. The number of nitrogens with two attached hydrogens (primary N) is 1. The number of rotatable bonds is 7. The van der Waals surface area contributed by atoms with Gasteiger partial charge in [0.1, 0.15) is 0 Å². The Morgan fingerprint density at radius 2 is 2.00 bits per heavy atom. The minimum Gasteiger partial charge on any atom is -0.360 e. The molecule has 9 nitrogen and oxygen atoms in total. The number of aromatic amines is 1. The van der Waals surface area contributed by atoms with Gasteiger partial charge in [-0.3, -0.25) is 9.36 Å². The normalized spacial score (nSPS) is 14.0. The number of sulfonamides is 1. The van der Waals surface area contributed by atoms with Crippen molar-refractivity contribution in [3.63, 3.8) is 0 Å². The maximum Gasteiger partial charge on any atom is 0.238 e. The lowest BCUT2D eigenvalue weighted by atomic mass is 10.1. The van der Waals surface area contributed by atoms with Crippen molar-refractivity contribution < 1.29 is 13.2 Å². The van der Waals surface area contributed by atoms with E-state index in [0.717, 1.165) is 35.1 Å². The number of fused-ring (bicyclic) bond motifs is 1. The van der Waals surface area contributed by atoms with Crippen LogP contribution in [0.1, 0.15) is 18.9 Å². The molecule has 0 spiro atoms. The molecule has 0 aliphatic heterocycles. The third-order valence-corrected chi connectivity index (χ3v) is 7.04. The molecule has 2 heterocycles. The number of amides is 1. The molecule has 32 heavy (non-hydrogen) atoms. The van der Waals surface area contributed by atoms with E-state index in [2.05, 4.69) is 25.1 Å². The Balaban J connectivity index is 1.34. The van der Waals surface area contributed by atoms with Crippen molar-refractivity contribution in [1.29, 1.82) is 0 Å². The molecule has 0 atom stereocenters. The van der Waals surface area contributed by atoms with Crippen LogP contribution < -0.4 is 10.5 Å². The van der Waals surface area contributed by atoms with Gasteiger partial charge in [-0.15, -0.1) is 10.2 Å². The van der Waals surface area contributed by atoms with Gasteiger partial charge in [-0.2, -0.15) is 0 Å². The summed E-state index contributed by atoms with van der Waals surface area (Å²) in [6.07, 6.45) is 4.04. The SMILES string of the molecule is NS(=O)(=O)c1cccc(NC(=O)CSc2nnc(-c3c[nH]c4ccccc34)n2C2CC2)c1. The first-order valence-electron chi connectivity index (χ1n) is 9.97. The van der Waals surface area contributed by atoms with Gasteiger partial charge in [-0.1, -0.05) is 36.0 Å². The van der Waals surface area contributed by atoms with Gasteiger partial charge in [-0.25, -0.2) is 13.6 Å². The second kappa shape index (κ2) is 8.08. The zero-order chi connectivity index (χ0) is 22.3. The van der Waals surface area contributed by atoms with Crippen LogP contribution >= 0.6 is 11.8 Å². The van der Waals surface area contributed by atoms with E-state index in [1.807, 2.05) is 30.5 Å². The van der Waals surface area contributed by atoms with Gasteiger partial charge in [0.15, 0.2) is 11.0 Å². The molecule has 4 N–H and O–H groups in total. The summed E-state index contributed by atoms with van der Waals surface area (Å²) in [5.41, 5.74) is 2.38. The molecule has 0 bridgehead atoms. The highest BCUT2D eigenvalue weighted by Crippen LogP contribution is 2.42. The third-order valence-electron chi connectivity index (χ3n) is 5.19. The van der Waals surface area contributed by atoms with Gasteiger partial charge in [0.2, 0.25) is 15.9 Å². The van der Waals surface area contributed by atoms with Crippen molar-refractivity contribution in [3.05, 3.63) is 54.7 Å². The number of benzene rings is 2. The number of hydrogen-bond acceptors (Lipinski definition) is 6. The quantitative estimate of drug-likeness (QED) is 0.357. The van der Waals surface area contributed by atoms with Crippen LogP contribution in [0.3, 0.4) is 0 Å². The summed E-state index contributed by atoms with van der Waals surface area (Å²) in [4.78, 5) is 15.7. The number of primary sulfonamides is 1. The molecule has 1 amide bonds. The minimum atomic E-state index is -3.84. The number of carbonyl (C=O) groups excluding carboxylic acids is 1. The van der Waals surface area contributed by atoms with Crippen molar-refractivity contribution in [2.24, 2.45) is 5.14 Å². The molecule has 1 aliphatic rings. The monoisotopic (exact) mass is 468 g/mol. The topological polar surface area (TPSA) is 136 Å². The van der Waals surface area contributed by atoms with Gasteiger partial charge < -0.3 is 10.3 Å². The number of thioether (sulfide) groups is 1. The molecule has 1 saturated carbocycles. The van der Waals surface area contributed by atoms with E-state index in [4.69, 9.17) is 5.14 Å². The minimum absolute atomic E-state index is 0.0557. The Hall–Kier alpha value is -3.15. The van der Waals surface area contributed by atoms with E-state index in [-0.39, 0.29) is 16.6 Å². The summed E-state index contributed by atoms with van der Waals surface area (Å²) < 4.78 is 25.1. The molecule has 5 rings (SSSR count). The second-order valence-corrected chi connectivity index (χ2v) is 10.1. The first-order valence-corrected chi connectivity index (χ1v) is 12.5. The van der Waals surface area contributed by atoms with E-state index in [9.17, 15) is 13.2 Å². The Morgan fingerprint density at radius 3 is 2.78 bits per heavy atom. The van der Waals surface area contributed by atoms with Crippen LogP contribution in [0.2, 0.25) is 0 Å². The summed E-state index contributed by atoms with van der Waals surface area (Å²) in [6.45, 7) is 0. The van der Waals surface area contributed by atoms with Crippen molar-refractivity contribution >= 4 is 44.3 Å². The Bertz CT molecular complexity index is 1420. The molecular weight excluding hydrogens is 448 g/mol. The molecule has 164 valence electrons. The average molecular weight is 469 g/mol. The van der Waals surface area contributed by atoms with Crippen LogP contribution in [0.25, 0.3) is 22.3 Å². The van der Waals surface area contributed by atoms with E-state index in [1.165, 1.54) is 30.0 Å². The van der Waals surface area contributed by atoms with Gasteiger partial charge in [0.25, 0.3) is 0 Å². The Labute approximate surface area is 188 Å². The lowest BCUT2D eigenvalue weighted by Gasteiger charge is -2.09. The Kier molecular flexibility index (Phi) is 5.24. The van der Waals surface area contributed by atoms with Crippen LogP contribution in [0, 0.1) is 0 Å². The largest absolute Gasteiger partial charge is 0.360 e. The maximum atomic E-state index is 12.5. The fourth-order valence-electron chi connectivity index (χ4n) is 3.56. The molecule has 2 aromatic heterocycles. The predicted molar refractivity (Wildman–Crippen MR) is 123 cm³/mol. The lowest BCUT2D eigenvalue weighted by Crippen LogP contribution is -2.16. The molecule has 1 aliphatic carbocycles. The van der Waals surface area contributed by atoms with Crippen LogP contribution in [-0.2, 0) is 14.8 Å². The summed E-state index contributed by atoms with van der Waals surface area (Å²) in [7, 11) is -3.84. The molecule has 11 heteroatoms. The highest BCUT2D eigenvalue weighted by Gasteiger charge is 2.31. The van der Waals surface area contributed by atoms with E-state index < -0.39 is 10.0 Å². The Morgan fingerprint density at radius 1 is 1.19 bits per heavy atom. The van der Waals surface area contributed by atoms with E-state index in [0.29, 0.717) is 16.9 Å². The second-order valence-electron chi connectivity index (χ2n) is 7.56. The van der Waals surface area contributed by atoms with Crippen molar-refractivity contribution in [3.8, 4) is 11.4 Å². The smallest absolute Gasteiger partial charge is 0.238 e. The summed E-state index contributed by atoms with van der Waals surface area (Å²) in [5, 5.41) is 18.4. The van der Waals surface area contributed by atoms with Crippen LogP contribution in [0.5, 0.6) is 0 Å². The highest BCUT2D eigenvalue weighted by atomic mass is 32.2. The van der Waals surface area contributed by atoms with E-state index in [1.54, 1.807) is 6.07 Å². The zero-order valence-electron chi connectivity index (χ0n) is 16.9. The number of aromatic nitrogens is 4. The number of hydrogen-bond donors (Lipinski definition) is 3. The summed E-state index contributed by atoms with van der Waals surface area (Å²) >= 11 is 1.30. The number of carbonyl (C=O) groups is 1.